The predicted octanol–water partition coefficient (Wildman–Crippen LogP) is 1.75. The van der Waals surface area contributed by atoms with Gasteiger partial charge >= 0.3 is 12.1 Å². The van der Waals surface area contributed by atoms with Gasteiger partial charge in [-0.1, -0.05) is 0 Å². The minimum absolute atomic E-state index is 0.196. The number of carbonyl (C=O) groups is 2. The Balaban J connectivity index is 1.71. The molecule has 1 amide bonds. The van der Waals surface area contributed by atoms with Crippen molar-refractivity contribution in [1.29, 1.82) is 0 Å². The van der Waals surface area contributed by atoms with E-state index in [0.717, 1.165) is 24.8 Å². The molecule has 1 aromatic rings. The summed E-state index contributed by atoms with van der Waals surface area (Å²) >= 11 is 0. The number of nitrogens with two attached hydrogens (primary N) is 1. The van der Waals surface area contributed by atoms with Crippen LogP contribution in [0.2, 0.25) is 0 Å². The first-order valence-electron chi connectivity index (χ1n) is 6.56. The van der Waals surface area contributed by atoms with Gasteiger partial charge in [0.15, 0.2) is 0 Å². The lowest BCUT2D eigenvalue weighted by Gasteiger charge is -2.20. The molecule has 0 radical (unpaired) electrons. The predicted molar refractivity (Wildman–Crippen MR) is 68.3 cm³/mol. The van der Waals surface area contributed by atoms with Crippen molar-refractivity contribution in [3.8, 4) is 5.75 Å². The molecule has 2 N–H and O–H groups in total. The second-order valence-electron chi connectivity index (χ2n) is 4.96. The summed E-state index contributed by atoms with van der Waals surface area (Å²) in [4.78, 5) is 22.2. The van der Waals surface area contributed by atoms with E-state index in [9.17, 15) is 9.59 Å². The number of fused-ring (bicyclic) bond motifs is 1. The highest BCUT2D eigenvalue weighted by atomic mass is 16.6. The molecule has 106 valence electrons. The number of ether oxygens (including phenoxy) is 3. The van der Waals surface area contributed by atoms with Gasteiger partial charge in [0, 0.05) is 5.56 Å². The summed E-state index contributed by atoms with van der Waals surface area (Å²) in [6.45, 7) is 0.275. The number of hydrogen-bond donors (Lipinski definition) is 1. The van der Waals surface area contributed by atoms with Crippen molar-refractivity contribution < 1.29 is 23.8 Å². The van der Waals surface area contributed by atoms with Crippen molar-refractivity contribution in [3.63, 3.8) is 0 Å². The molecule has 1 fully saturated rings. The second kappa shape index (κ2) is 5.03. The molecule has 0 aromatic heterocycles. The molecule has 2 atom stereocenters. The van der Waals surface area contributed by atoms with Gasteiger partial charge < -0.3 is 19.9 Å². The van der Waals surface area contributed by atoms with E-state index in [2.05, 4.69) is 0 Å². The van der Waals surface area contributed by atoms with Crippen LogP contribution in [0.15, 0.2) is 18.2 Å². The third-order valence-corrected chi connectivity index (χ3v) is 3.60. The van der Waals surface area contributed by atoms with E-state index < -0.39 is 6.09 Å². The first kappa shape index (κ1) is 12.8. The Hall–Kier alpha value is -2.24. The Morgan fingerprint density at radius 3 is 2.90 bits per heavy atom. The first-order chi connectivity index (χ1) is 9.63. The molecule has 3 rings (SSSR count). The number of esters is 1. The summed E-state index contributed by atoms with van der Waals surface area (Å²) in [5.74, 6) is 0.342. The van der Waals surface area contributed by atoms with E-state index in [-0.39, 0.29) is 24.8 Å². The van der Waals surface area contributed by atoms with Crippen LogP contribution >= 0.6 is 0 Å². The Morgan fingerprint density at radius 1 is 1.30 bits per heavy atom. The Morgan fingerprint density at radius 2 is 2.10 bits per heavy atom. The Labute approximate surface area is 115 Å². The largest absolute Gasteiger partial charge is 0.487 e. The van der Waals surface area contributed by atoms with Crippen LogP contribution in [0.5, 0.6) is 5.75 Å². The highest BCUT2D eigenvalue weighted by Crippen LogP contribution is 2.30. The standard InChI is InChI=1S/C14H15NO5/c15-14(17)20-12-3-1-2-11(12)19-9-4-5-10-8(6-9)7-18-13(10)16/h4-6,11-12H,1-3,7H2,(H2,15,17)/t11-,12-/m0/s1. The Kier molecular flexibility index (Phi) is 3.22. The summed E-state index contributed by atoms with van der Waals surface area (Å²) < 4.78 is 15.8. The molecule has 0 saturated heterocycles. The maximum Gasteiger partial charge on any atom is 0.404 e. The maximum absolute atomic E-state index is 11.4. The molecular formula is C14H15NO5. The van der Waals surface area contributed by atoms with Gasteiger partial charge in [-0.3, -0.25) is 0 Å². The van der Waals surface area contributed by atoms with Crippen LogP contribution < -0.4 is 10.5 Å². The minimum atomic E-state index is -0.779. The van der Waals surface area contributed by atoms with Crippen LogP contribution in [0.4, 0.5) is 4.79 Å². The fourth-order valence-electron chi connectivity index (χ4n) is 2.67. The first-order valence-corrected chi connectivity index (χ1v) is 6.56. The number of primary amides is 1. The van der Waals surface area contributed by atoms with Crippen LogP contribution in [0, 0.1) is 0 Å². The number of carbonyl (C=O) groups excluding carboxylic acids is 2. The van der Waals surface area contributed by atoms with E-state index in [1.807, 2.05) is 0 Å². The minimum Gasteiger partial charge on any atom is -0.487 e. The molecular weight excluding hydrogens is 262 g/mol. The van der Waals surface area contributed by atoms with Crippen molar-refractivity contribution in [2.24, 2.45) is 5.73 Å². The molecule has 0 bridgehead atoms. The summed E-state index contributed by atoms with van der Waals surface area (Å²) in [6.07, 6.45) is 1.20. The zero-order valence-corrected chi connectivity index (χ0v) is 10.8. The van der Waals surface area contributed by atoms with Crippen molar-refractivity contribution in [2.45, 2.75) is 38.1 Å². The van der Waals surface area contributed by atoms with Crippen molar-refractivity contribution in [3.05, 3.63) is 29.3 Å². The molecule has 6 nitrogen and oxygen atoms in total. The van der Waals surface area contributed by atoms with Crippen LogP contribution in [0.3, 0.4) is 0 Å². The Bertz CT molecular complexity index is 556. The van der Waals surface area contributed by atoms with Gasteiger partial charge in [-0.15, -0.1) is 0 Å². The van der Waals surface area contributed by atoms with Crippen LogP contribution in [-0.2, 0) is 16.1 Å². The molecule has 6 heteroatoms. The number of rotatable bonds is 3. The van der Waals surface area contributed by atoms with Gasteiger partial charge in [0.25, 0.3) is 0 Å². The topological polar surface area (TPSA) is 87.9 Å². The van der Waals surface area contributed by atoms with E-state index in [0.29, 0.717) is 11.3 Å². The lowest BCUT2D eigenvalue weighted by atomic mass is 10.1. The van der Waals surface area contributed by atoms with Crippen LogP contribution in [0.1, 0.15) is 35.2 Å². The van der Waals surface area contributed by atoms with Gasteiger partial charge in [-0.05, 0) is 37.5 Å². The van der Waals surface area contributed by atoms with Gasteiger partial charge in [0.1, 0.15) is 24.6 Å². The fraction of sp³-hybridized carbons (Fsp3) is 0.429. The molecule has 0 spiro atoms. The van der Waals surface area contributed by atoms with Gasteiger partial charge in [0.2, 0.25) is 0 Å². The van der Waals surface area contributed by atoms with Crippen LogP contribution in [0.25, 0.3) is 0 Å². The summed E-state index contributed by atoms with van der Waals surface area (Å²) in [5.41, 5.74) is 6.44. The molecule has 20 heavy (non-hydrogen) atoms. The molecule has 1 aromatic carbocycles. The molecule has 1 heterocycles. The zero-order valence-electron chi connectivity index (χ0n) is 10.8. The molecule has 1 aliphatic heterocycles. The van der Waals surface area contributed by atoms with E-state index in [1.54, 1.807) is 18.2 Å². The number of cyclic esters (lactones) is 1. The second-order valence-corrected chi connectivity index (χ2v) is 4.96. The maximum atomic E-state index is 11.4. The summed E-state index contributed by atoms with van der Waals surface area (Å²) in [6, 6.07) is 5.21. The third kappa shape index (κ3) is 2.41. The molecule has 1 aliphatic carbocycles. The average molecular weight is 277 g/mol. The van der Waals surface area contributed by atoms with Crippen molar-refractivity contribution in [1.82, 2.24) is 0 Å². The third-order valence-electron chi connectivity index (χ3n) is 3.60. The molecule has 1 saturated carbocycles. The molecule has 2 aliphatic rings. The van der Waals surface area contributed by atoms with E-state index in [4.69, 9.17) is 19.9 Å². The SMILES string of the molecule is NC(=O)O[C@H]1CCC[C@@H]1Oc1ccc2c(c1)COC2=O. The smallest absolute Gasteiger partial charge is 0.404 e. The normalized spacial score (nSPS) is 24.1. The van der Waals surface area contributed by atoms with Crippen molar-refractivity contribution in [2.75, 3.05) is 0 Å². The number of hydrogen-bond acceptors (Lipinski definition) is 5. The lowest BCUT2D eigenvalue weighted by molar-refractivity contribution is 0.0393. The number of amides is 1. The average Bonchev–Trinajstić information content (AvgIpc) is 2.97. The van der Waals surface area contributed by atoms with Crippen LogP contribution in [-0.4, -0.2) is 24.3 Å². The fourth-order valence-corrected chi connectivity index (χ4v) is 2.67. The van der Waals surface area contributed by atoms with Gasteiger partial charge in [0.05, 0.1) is 5.56 Å². The quantitative estimate of drug-likeness (QED) is 0.850. The zero-order chi connectivity index (χ0) is 14.1. The highest BCUT2D eigenvalue weighted by Gasteiger charge is 2.32. The van der Waals surface area contributed by atoms with Gasteiger partial charge in [-0.25, -0.2) is 9.59 Å². The summed E-state index contributed by atoms with van der Waals surface area (Å²) in [5, 5.41) is 0. The summed E-state index contributed by atoms with van der Waals surface area (Å²) in [7, 11) is 0. The van der Waals surface area contributed by atoms with Crippen molar-refractivity contribution >= 4 is 12.1 Å². The van der Waals surface area contributed by atoms with Gasteiger partial charge in [-0.2, -0.15) is 0 Å². The number of benzene rings is 1. The lowest BCUT2D eigenvalue weighted by Crippen LogP contribution is -2.32. The van der Waals surface area contributed by atoms with E-state index >= 15 is 0 Å². The molecule has 0 unspecified atom stereocenters. The monoisotopic (exact) mass is 277 g/mol. The highest BCUT2D eigenvalue weighted by molar-refractivity contribution is 5.93. The van der Waals surface area contributed by atoms with E-state index in [1.165, 1.54) is 0 Å².